The Morgan fingerprint density at radius 2 is 1.83 bits per heavy atom. The number of H-pyrrole nitrogens is 1. The van der Waals surface area contributed by atoms with Crippen LogP contribution >= 0.6 is 23.2 Å². The summed E-state index contributed by atoms with van der Waals surface area (Å²) in [4.78, 5) is 19.9. The largest absolute Gasteiger partial charge is 0.491 e. The molecule has 0 aliphatic rings. The minimum absolute atomic E-state index is 0.132. The molecule has 1 amide bonds. The minimum Gasteiger partial charge on any atom is -0.491 e. The predicted octanol–water partition coefficient (Wildman–Crippen LogP) is 5.21. The number of aromatic amines is 1. The van der Waals surface area contributed by atoms with Gasteiger partial charge in [-0.05, 0) is 56.4 Å². The Kier molecular flexibility index (Phi) is 9.08. The number of allylic oxidation sites excluding steroid dienone is 2. The Labute approximate surface area is 182 Å². The average molecular weight is 438 g/mol. The molecule has 0 atom stereocenters. The first kappa shape index (κ1) is 23.3. The second-order valence-electron chi connectivity index (χ2n) is 6.78. The minimum atomic E-state index is -0.132. The molecule has 0 aliphatic heterocycles. The zero-order chi connectivity index (χ0) is 21.4. The van der Waals surface area contributed by atoms with Gasteiger partial charge in [-0.3, -0.25) is 4.79 Å². The summed E-state index contributed by atoms with van der Waals surface area (Å²) in [6.45, 7) is 8.00. The third-order valence-electron chi connectivity index (χ3n) is 4.85. The van der Waals surface area contributed by atoms with Gasteiger partial charge in [-0.25, -0.2) is 0 Å². The van der Waals surface area contributed by atoms with Gasteiger partial charge >= 0.3 is 0 Å². The molecular formula is C22H29Cl2N3O2. The van der Waals surface area contributed by atoms with Crippen molar-refractivity contribution in [1.29, 1.82) is 0 Å². The van der Waals surface area contributed by atoms with Gasteiger partial charge in [0, 0.05) is 30.2 Å². The SMILES string of the molecule is CCN(CC)CCCN(C)C(=O)C(=CC=Cc1cc2cc(Cl)c(Cl)cc2[nH]1)OC. The number of benzene rings is 1. The summed E-state index contributed by atoms with van der Waals surface area (Å²) in [5, 5.41) is 2.00. The van der Waals surface area contributed by atoms with E-state index in [2.05, 4.69) is 23.7 Å². The van der Waals surface area contributed by atoms with Gasteiger partial charge in [0.2, 0.25) is 0 Å². The summed E-state index contributed by atoms with van der Waals surface area (Å²) in [7, 11) is 3.31. The van der Waals surface area contributed by atoms with E-state index >= 15 is 0 Å². The molecule has 0 saturated carbocycles. The molecule has 2 aromatic rings. The van der Waals surface area contributed by atoms with Crippen molar-refractivity contribution in [3.63, 3.8) is 0 Å². The summed E-state index contributed by atoms with van der Waals surface area (Å²) in [6, 6.07) is 5.58. The summed E-state index contributed by atoms with van der Waals surface area (Å²) in [5.74, 6) is 0.167. The van der Waals surface area contributed by atoms with Crippen molar-refractivity contribution in [3.05, 3.63) is 51.8 Å². The number of methoxy groups -OCH3 is 1. The molecule has 5 nitrogen and oxygen atoms in total. The van der Waals surface area contributed by atoms with E-state index in [1.165, 1.54) is 7.11 Å². The molecule has 1 N–H and O–H groups in total. The van der Waals surface area contributed by atoms with Crippen LogP contribution in [0.3, 0.4) is 0 Å². The van der Waals surface area contributed by atoms with Crippen molar-refractivity contribution < 1.29 is 9.53 Å². The zero-order valence-electron chi connectivity index (χ0n) is 17.5. The van der Waals surface area contributed by atoms with E-state index in [0.29, 0.717) is 22.3 Å². The standard InChI is InChI=1S/C22H29Cl2N3O2/c1-5-27(6-2)12-8-11-26(3)22(28)21(29-4)10-7-9-17-13-16-14-18(23)19(24)15-20(16)25-17/h7,9-10,13-15,25H,5-6,8,11-12H2,1-4H3. The molecule has 0 saturated heterocycles. The average Bonchev–Trinajstić information content (AvgIpc) is 3.09. The fourth-order valence-electron chi connectivity index (χ4n) is 3.07. The number of amides is 1. The highest BCUT2D eigenvalue weighted by Gasteiger charge is 2.14. The van der Waals surface area contributed by atoms with Crippen LogP contribution in [0.1, 0.15) is 26.0 Å². The number of carbonyl (C=O) groups excluding carboxylic acids is 1. The molecule has 1 aromatic carbocycles. The number of rotatable bonds is 10. The summed E-state index contributed by atoms with van der Waals surface area (Å²) >= 11 is 12.1. The van der Waals surface area contributed by atoms with Gasteiger partial charge in [0.05, 0.1) is 17.2 Å². The van der Waals surface area contributed by atoms with E-state index in [1.807, 2.05) is 18.2 Å². The van der Waals surface area contributed by atoms with E-state index in [0.717, 1.165) is 42.7 Å². The lowest BCUT2D eigenvalue weighted by atomic mass is 10.2. The van der Waals surface area contributed by atoms with Crippen LogP contribution < -0.4 is 0 Å². The van der Waals surface area contributed by atoms with Gasteiger partial charge in [-0.15, -0.1) is 0 Å². The fourth-order valence-corrected chi connectivity index (χ4v) is 3.40. The molecule has 0 bridgehead atoms. The van der Waals surface area contributed by atoms with Crippen LogP contribution in [0, 0.1) is 0 Å². The molecule has 0 fully saturated rings. The number of nitrogens with zero attached hydrogens (tertiary/aromatic N) is 2. The third-order valence-corrected chi connectivity index (χ3v) is 5.57. The lowest BCUT2D eigenvalue weighted by Crippen LogP contribution is -2.32. The number of halogens is 2. The van der Waals surface area contributed by atoms with Crippen molar-refractivity contribution in [3.8, 4) is 0 Å². The number of likely N-dealkylation sites (N-methyl/N-ethyl adjacent to an activating group) is 1. The Bertz CT molecular complexity index is 847. The molecule has 0 unspecified atom stereocenters. The summed E-state index contributed by atoms with van der Waals surface area (Å²) in [5.41, 5.74) is 1.78. The van der Waals surface area contributed by atoms with Gasteiger partial charge < -0.3 is 19.5 Å². The number of nitrogens with one attached hydrogen (secondary N) is 1. The van der Waals surface area contributed by atoms with Crippen LogP contribution in [0.4, 0.5) is 0 Å². The fraction of sp³-hybridized carbons (Fsp3) is 0.409. The Morgan fingerprint density at radius 3 is 2.48 bits per heavy atom. The number of aromatic nitrogens is 1. The molecule has 1 heterocycles. The second kappa shape index (κ2) is 11.3. The molecule has 0 radical (unpaired) electrons. The van der Waals surface area contributed by atoms with Crippen LogP contribution in [0.5, 0.6) is 0 Å². The van der Waals surface area contributed by atoms with Crippen LogP contribution in [0.25, 0.3) is 17.0 Å². The number of fused-ring (bicyclic) bond motifs is 1. The topological polar surface area (TPSA) is 48.6 Å². The lowest BCUT2D eigenvalue weighted by Gasteiger charge is -2.21. The van der Waals surface area contributed by atoms with Crippen LogP contribution in [-0.2, 0) is 9.53 Å². The monoisotopic (exact) mass is 437 g/mol. The molecule has 7 heteroatoms. The maximum absolute atomic E-state index is 12.6. The van der Waals surface area contributed by atoms with Crippen molar-refractivity contribution >= 4 is 46.1 Å². The van der Waals surface area contributed by atoms with Crippen LogP contribution in [-0.4, -0.2) is 61.0 Å². The quantitative estimate of drug-likeness (QED) is 0.315. The van der Waals surface area contributed by atoms with Gasteiger partial charge in [0.25, 0.3) is 5.91 Å². The molecule has 2 rings (SSSR count). The third kappa shape index (κ3) is 6.53. The highest BCUT2D eigenvalue weighted by atomic mass is 35.5. The highest BCUT2D eigenvalue weighted by molar-refractivity contribution is 6.42. The van der Waals surface area contributed by atoms with Crippen molar-refractivity contribution in [2.24, 2.45) is 0 Å². The number of hydrogen-bond donors (Lipinski definition) is 1. The van der Waals surface area contributed by atoms with E-state index in [-0.39, 0.29) is 5.91 Å². The van der Waals surface area contributed by atoms with Gasteiger partial charge in [0.15, 0.2) is 5.76 Å². The Balaban J connectivity index is 2.00. The smallest absolute Gasteiger partial charge is 0.288 e. The van der Waals surface area contributed by atoms with Crippen LogP contribution in [0.2, 0.25) is 10.0 Å². The Hall–Kier alpha value is -1.95. The normalized spacial score (nSPS) is 12.3. The van der Waals surface area contributed by atoms with Crippen molar-refractivity contribution in [2.45, 2.75) is 20.3 Å². The van der Waals surface area contributed by atoms with E-state index in [4.69, 9.17) is 27.9 Å². The van der Waals surface area contributed by atoms with Gasteiger partial charge in [-0.1, -0.05) is 43.1 Å². The van der Waals surface area contributed by atoms with E-state index < -0.39 is 0 Å². The van der Waals surface area contributed by atoms with E-state index in [1.54, 1.807) is 30.2 Å². The van der Waals surface area contributed by atoms with Crippen LogP contribution in [0.15, 0.2) is 36.1 Å². The number of carbonyl (C=O) groups is 1. The molecule has 158 valence electrons. The Morgan fingerprint density at radius 1 is 1.14 bits per heavy atom. The number of ether oxygens (including phenoxy) is 1. The molecule has 29 heavy (non-hydrogen) atoms. The first-order chi connectivity index (χ1) is 13.9. The first-order valence-electron chi connectivity index (χ1n) is 9.77. The van der Waals surface area contributed by atoms with Crippen molar-refractivity contribution in [2.75, 3.05) is 40.3 Å². The maximum Gasteiger partial charge on any atom is 0.288 e. The molecular weight excluding hydrogens is 409 g/mol. The summed E-state index contributed by atoms with van der Waals surface area (Å²) < 4.78 is 5.29. The number of hydrogen-bond acceptors (Lipinski definition) is 3. The molecule has 1 aromatic heterocycles. The first-order valence-corrected chi connectivity index (χ1v) is 10.5. The maximum atomic E-state index is 12.6. The van der Waals surface area contributed by atoms with Gasteiger partial charge in [-0.2, -0.15) is 0 Å². The van der Waals surface area contributed by atoms with Gasteiger partial charge in [0.1, 0.15) is 0 Å². The predicted molar refractivity (Wildman–Crippen MR) is 122 cm³/mol. The molecule has 0 spiro atoms. The van der Waals surface area contributed by atoms with E-state index in [9.17, 15) is 4.79 Å². The second-order valence-corrected chi connectivity index (χ2v) is 7.59. The highest BCUT2D eigenvalue weighted by Crippen LogP contribution is 2.28. The van der Waals surface area contributed by atoms with Crippen molar-refractivity contribution in [1.82, 2.24) is 14.8 Å². The summed E-state index contributed by atoms with van der Waals surface area (Å²) in [6.07, 6.45) is 6.26. The zero-order valence-corrected chi connectivity index (χ0v) is 19.0. The lowest BCUT2D eigenvalue weighted by molar-refractivity contribution is -0.129. The molecule has 0 aliphatic carbocycles.